The highest BCUT2D eigenvalue weighted by Gasteiger charge is 2.35. The predicted octanol–water partition coefficient (Wildman–Crippen LogP) is 2.02. The van der Waals surface area contributed by atoms with Gasteiger partial charge in [-0.3, -0.25) is 9.59 Å². The molecule has 0 N–H and O–H groups in total. The van der Waals surface area contributed by atoms with Gasteiger partial charge >= 0.3 is 0 Å². The van der Waals surface area contributed by atoms with Crippen LogP contribution in [0, 0.1) is 5.41 Å². The Kier molecular flexibility index (Phi) is 4.16. The smallest absolute Gasteiger partial charge is 0.270 e. The van der Waals surface area contributed by atoms with Crippen molar-refractivity contribution in [3.05, 3.63) is 0 Å². The SMILES string of the molecule is CN1N=C(C(=O)N2CCC[C@H]2CC(C)(C)C)CCC1=O. The maximum Gasteiger partial charge on any atom is 0.270 e. The van der Waals surface area contributed by atoms with Crippen LogP contribution >= 0.6 is 0 Å². The minimum Gasteiger partial charge on any atom is -0.335 e. The summed E-state index contributed by atoms with van der Waals surface area (Å²) >= 11 is 0. The lowest BCUT2D eigenvalue weighted by Crippen LogP contribution is -2.44. The maximum absolute atomic E-state index is 12.6. The fourth-order valence-corrected chi connectivity index (χ4v) is 3.01. The van der Waals surface area contributed by atoms with Gasteiger partial charge in [0.15, 0.2) is 0 Å². The first kappa shape index (κ1) is 15.0. The largest absolute Gasteiger partial charge is 0.335 e. The Morgan fingerprint density at radius 2 is 2.05 bits per heavy atom. The number of carbonyl (C=O) groups is 2. The standard InChI is InChI=1S/C15H25N3O2/c1-15(2,3)10-11-6-5-9-18(11)14(20)12-7-8-13(19)17(4)16-12/h11H,5-10H2,1-4H3/t11-/m0/s1. The van der Waals surface area contributed by atoms with Gasteiger partial charge in [0.2, 0.25) is 5.91 Å². The summed E-state index contributed by atoms with van der Waals surface area (Å²) < 4.78 is 0. The fraction of sp³-hybridized carbons (Fsp3) is 0.800. The third-order valence-corrected chi connectivity index (χ3v) is 3.94. The normalized spacial score (nSPS) is 24.1. The average Bonchev–Trinajstić information content (AvgIpc) is 2.77. The molecular weight excluding hydrogens is 254 g/mol. The molecule has 20 heavy (non-hydrogen) atoms. The van der Waals surface area contributed by atoms with Gasteiger partial charge in [-0.15, -0.1) is 0 Å². The Morgan fingerprint density at radius 1 is 1.35 bits per heavy atom. The summed E-state index contributed by atoms with van der Waals surface area (Å²) in [5, 5.41) is 5.45. The molecule has 5 heteroatoms. The second-order valence-electron chi connectivity index (χ2n) is 7.02. The Labute approximate surface area is 121 Å². The van der Waals surface area contributed by atoms with Gasteiger partial charge in [0.25, 0.3) is 5.91 Å². The van der Waals surface area contributed by atoms with E-state index in [2.05, 4.69) is 25.9 Å². The van der Waals surface area contributed by atoms with E-state index in [-0.39, 0.29) is 17.2 Å². The van der Waals surface area contributed by atoms with Crippen molar-refractivity contribution in [2.45, 2.75) is 58.9 Å². The fourth-order valence-electron chi connectivity index (χ4n) is 3.01. The van der Waals surface area contributed by atoms with Crippen molar-refractivity contribution < 1.29 is 9.59 Å². The third kappa shape index (κ3) is 3.38. The second kappa shape index (κ2) is 5.54. The number of hydrazone groups is 1. The van der Waals surface area contributed by atoms with E-state index in [1.807, 2.05) is 4.90 Å². The van der Waals surface area contributed by atoms with Gasteiger partial charge in [0, 0.05) is 32.5 Å². The van der Waals surface area contributed by atoms with Crippen molar-refractivity contribution in [2.24, 2.45) is 10.5 Å². The summed E-state index contributed by atoms with van der Waals surface area (Å²) in [6, 6.07) is 0.313. The van der Waals surface area contributed by atoms with Crippen LogP contribution in [0.4, 0.5) is 0 Å². The summed E-state index contributed by atoms with van der Waals surface area (Å²) in [6.07, 6.45) is 4.01. The number of amides is 2. The van der Waals surface area contributed by atoms with Crippen LogP contribution in [0.1, 0.15) is 52.9 Å². The monoisotopic (exact) mass is 279 g/mol. The molecule has 0 aromatic rings. The predicted molar refractivity (Wildman–Crippen MR) is 78.2 cm³/mol. The lowest BCUT2D eigenvalue weighted by atomic mass is 9.87. The molecule has 0 unspecified atom stereocenters. The second-order valence-corrected chi connectivity index (χ2v) is 7.02. The van der Waals surface area contributed by atoms with Gasteiger partial charge in [0.05, 0.1) is 0 Å². The first-order valence-electron chi connectivity index (χ1n) is 7.43. The molecule has 0 aromatic carbocycles. The molecule has 0 radical (unpaired) electrons. The summed E-state index contributed by atoms with van der Waals surface area (Å²) in [7, 11) is 1.62. The molecule has 0 spiro atoms. The van der Waals surface area contributed by atoms with E-state index in [1.54, 1.807) is 7.05 Å². The van der Waals surface area contributed by atoms with Crippen LogP contribution in [0.25, 0.3) is 0 Å². The summed E-state index contributed by atoms with van der Waals surface area (Å²) in [6.45, 7) is 7.44. The topological polar surface area (TPSA) is 53.0 Å². The van der Waals surface area contributed by atoms with Crippen LogP contribution in [0.5, 0.6) is 0 Å². The molecule has 2 rings (SSSR count). The zero-order valence-electron chi connectivity index (χ0n) is 13.0. The number of rotatable bonds is 2. The van der Waals surface area contributed by atoms with Gasteiger partial charge in [-0.05, 0) is 24.7 Å². The van der Waals surface area contributed by atoms with Crippen LogP contribution in [-0.2, 0) is 9.59 Å². The Hall–Kier alpha value is -1.39. The molecule has 0 aromatic heterocycles. The Balaban J connectivity index is 2.08. The van der Waals surface area contributed by atoms with Gasteiger partial charge in [-0.1, -0.05) is 20.8 Å². The lowest BCUT2D eigenvalue weighted by Gasteiger charge is -2.31. The minimum atomic E-state index is -0.0192. The van der Waals surface area contributed by atoms with Gasteiger partial charge in [-0.25, -0.2) is 5.01 Å². The van der Waals surface area contributed by atoms with E-state index in [0.29, 0.717) is 24.6 Å². The van der Waals surface area contributed by atoms with Crippen molar-refractivity contribution in [3.8, 4) is 0 Å². The Morgan fingerprint density at radius 3 is 2.65 bits per heavy atom. The van der Waals surface area contributed by atoms with Gasteiger partial charge in [0.1, 0.15) is 5.71 Å². The van der Waals surface area contributed by atoms with Crippen molar-refractivity contribution in [1.82, 2.24) is 9.91 Å². The van der Waals surface area contributed by atoms with E-state index in [1.165, 1.54) is 5.01 Å². The minimum absolute atomic E-state index is 0.0192. The van der Waals surface area contributed by atoms with Crippen LogP contribution in [-0.4, -0.2) is 47.1 Å². The summed E-state index contributed by atoms with van der Waals surface area (Å²) in [5.41, 5.74) is 0.752. The number of nitrogens with zero attached hydrogens (tertiary/aromatic N) is 3. The van der Waals surface area contributed by atoms with Crippen molar-refractivity contribution in [2.75, 3.05) is 13.6 Å². The molecule has 2 aliphatic heterocycles. The van der Waals surface area contributed by atoms with Gasteiger partial charge in [-0.2, -0.15) is 5.10 Å². The van der Waals surface area contributed by atoms with Crippen LogP contribution in [0.2, 0.25) is 0 Å². The first-order chi connectivity index (χ1) is 9.28. The van der Waals surface area contributed by atoms with E-state index in [0.717, 1.165) is 25.8 Å². The van der Waals surface area contributed by atoms with Crippen molar-refractivity contribution >= 4 is 17.5 Å². The molecule has 5 nitrogen and oxygen atoms in total. The number of likely N-dealkylation sites (tertiary alicyclic amines) is 1. The Bertz CT molecular complexity index is 437. The highest BCUT2D eigenvalue weighted by molar-refractivity contribution is 6.39. The summed E-state index contributed by atoms with van der Waals surface area (Å²) in [4.78, 5) is 26.0. The molecule has 2 aliphatic rings. The summed E-state index contributed by atoms with van der Waals surface area (Å²) in [5.74, 6) is 0.00492. The third-order valence-electron chi connectivity index (χ3n) is 3.94. The molecular formula is C15H25N3O2. The van der Waals surface area contributed by atoms with E-state index in [4.69, 9.17) is 0 Å². The molecule has 0 aliphatic carbocycles. The maximum atomic E-state index is 12.6. The quantitative estimate of drug-likeness (QED) is 0.776. The highest BCUT2D eigenvalue weighted by atomic mass is 16.2. The molecule has 1 fully saturated rings. The van der Waals surface area contributed by atoms with E-state index >= 15 is 0 Å². The average molecular weight is 279 g/mol. The molecule has 1 saturated heterocycles. The molecule has 112 valence electrons. The van der Waals surface area contributed by atoms with Gasteiger partial charge < -0.3 is 4.90 Å². The van der Waals surface area contributed by atoms with E-state index in [9.17, 15) is 9.59 Å². The highest BCUT2D eigenvalue weighted by Crippen LogP contribution is 2.30. The van der Waals surface area contributed by atoms with Crippen LogP contribution in [0.15, 0.2) is 5.10 Å². The zero-order valence-corrected chi connectivity index (χ0v) is 13.0. The first-order valence-corrected chi connectivity index (χ1v) is 7.43. The van der Waals surface area contributed by atoms with Crippen LogP contribution < -0.4 is 0 Å². The number of carbonyl (C=O) groups excluding carboxylic acids is 2. The molecule has 1 atom stereocenters. The molecule has 2 heterocycles. The van der Waals surface area contributed by atoms with Crippen molar-refractivity contribution in [3.63, 3.8) is 0 Å². The molecule has 2 amide bonds. The van der Waals surface area contributed by atoms with E-state index < -0.39 is 0 Å². The zero-order chi connectivity index (χ0) is 14.9. The number of hydrogen-bond donors (Lipinski definition) is 0. The van der Waals surface area contributed by atoms with Crippen LogP contribution in [0.3, 0.4) is 0 Å². The molecule has 0 bridgehead atoms. The van der Waals surface area contributed by atoms with Crippen molar-refractivity contribution in [1.29, 1.82) is 0 Å². The molecule has 0 saturated carbocycles. The number of hydrogen-bond acceptors (Lipinski definition) is 3. The lowest BCUT2D eigenvalue weighted by molar-refractivity contribution is -0.130.